The Labute approximate surface area is 162 Å². The third-order valence-electron chi connectivity index (χ3n) is 5.15. The number of nitrogens with two attached hydrogens (primary N) is 1. The van der Waals surface area contributed by atoms with E-state index in [1.807, 2.05) is 37.3 Å². The number of amides is 1. The Morgan fingerprint density at radius 2 is 1.82 bits per heavy atom. The van der Waals surface area contributed by atoms with E-state index in [1.54, 1.807) is 21.7 Å². The monoisotopic (exact) mass is 380 g/mol. The molecule has 2 aromatic carbocycles. The van der Waals surface area contributed by atoms with Crippen LogP contribution in [0.2, 0.25) is 0 Å². The van der Waals surface area contributed by atoms with Gasteiger partial charge in [0, 0.05) is 18.0 Å². The summed E-state index contributed by atoms with van der Waals surface area (Å²) >= 11 is 0. The van der Waals surface area contributed by atoms with Crippen LogP contribution in [0.3, 0.4) is 0 Å². The molecule has 0 fully saturated rings. The number of halogens is 1. The van der Waals surface area contributed by atoms with Crippen molar-refractivity contribution in [1.29, 1.82) is 0 Å². The minimum atomic E-state index is -0.850. The third kappa shape index (κ3) is 2.80. The quantitative estimate of drug-likeness (QED) is 0.728. The maximum atomic E-state index is 13.4. The Morgan fingerprint density at radius 1 is 1.14 bits per heavy atom. The molecule has 1 aliphatic rings. The number of rotatable bonds is 4. The van der Waals surface area contributed by atoms with Crippen molar-refractivity contribution >= 4 is 11.7 Å². The lowest BCUT2D eigenvalue weighted by Crippen LogP contribution is -2.52. The number of benzene rings is 2. The van der Waals surface area contributed by atoms with Gasteiger partial charge < -0.3 is 10.8 Å². The molecule has 28 heavy (non-hydrogen) atoms. The van der Waals surface area contributed by atoms with Gasteiger partial charge in [-0.1, -0.05) is 30.3 Å². The summed E-state index contributed by atoms with van der Waals surface area (Å²) in [5.74, 6) is -0.521. The maximum absolute atomic E-state index is 13.4. The van der Waals surface area contributed by atoms with Crippen LogP contribution in [0.25, 0.3) is 5.69 Å². The Kier molecular flexibility index (Phi) is 4.70. The van der Waals surface area contributed by atoms with Gasteiger partial charge in [0.1, 0.15) is 11.6 Å². The highest BCUT2D eigenvalue weighted by atomic mass is 19.1. The molecular formula is C21H21FN4O2. The molecule has 0 saturated carbocycles. The topological polar surface area (TPSA) is 84.4 Å². The van der Waals surface area contributed by atoms with E-state index in [9.17, 15) is 14.3 Å². The highest BCUT2D eigenvalue weighted by Gasteiger charge is 2.43. The molecule has 0 saturated heterocycles. The van der Waals surface area contributed by atoms with E-state index in [0.29, 0.717) is 29.2 Å². The summed E-state index contributed by atoms with van der Waals surface area (Å²) in [5.41, 5.74) is 8.98. The molecule has 6 nitrogen and oxygen atoms in total. The lowest BCUT2D eigenvalue weighted by Gasteiger charge is -2.36. The molecule has 1 aliphatic heterocycles. The minimum absolute atomic E-state index is 0.231. The number of anilines is 1. The number of carbonyl (C=O) groups excluding carboxylic acids is 1. The van der Waals surface area contributed by atoms with E-state index in [1.165, 1.54) is 12.1 Å². The second-order valence-corrected chi connectivity index (χ2v) is 6.73. The van der Waals surface area contributed by atoms with Crippen LogP contribution in [-0.4, -0.2) is 33.4 Å². The first kappa shape index (κ1) is 18.3. The number of aliphatic hydroxyl groups excluding tert-OH is 1. The fourth-order valence-corrected chi connectivity index (χ4v) is 3.87. The van der Waals surface area contributed by atoms with Gasteiger partial charge in [-0.15, -0.1) is 0 Å². The molecule has 4 rings (SSSR count). The average Bonchev–Trinajstić information content (AvgIpc) is 3.10. The predicted molar refractivity (Wildman–Crippen MR) is 104 cm³/mol. The largest absolute Gasteiger partial charge is 0.390 e. The third-order valence-corrected chi connectivity index (χ3v) is 5.15. The fraction of sp³-hybridized carbons (Fsp3) is 0.238. The van der Waals surface area contributed by atoms with Crippen molar-refractivity contribution in [3.05, 3.63) is 77.2 Å². The second-order valence-electron chi connectivity index (χ2n) is 6.73. The van der Waals surface area contributed by atoms with Crippen LogP contribution in [0.1, 0.15) is 29.7 Å². The minimum Gasteiger partial charge on any atom is -0.390 e. The van der Waals surface area contributed by atoms with Crippen molar-refractivity contribution in [2.45, 2.75) is 25.5 Å². The molecular weight excluding hydrogens is 359 g/mol. The van der Waals surface area contributed by atoms with Crippen molar-refractivity contribution in [3.8, 4) is 5.69 Å². The van der Waals surface area contributed by atoms with Gasteiger partial charge in [0.15, 0.2) is 0 Å². The van der Waals surface area contributed by atoms with Gasteiger partial charge in [0.25, 0.3) is 0 Å². The normalized spacial score (nSPS) is 19.0. The van der Waals surface area contributed by atoms with Gasteiger partial charge in [-0.25, -0.2) is 9.07 Å². The summed E-state index contributed by atoms with van der Waals surface area (Å²) in [6.45, 7) is 1.99. The first-order chi connectivity index (χ1) is 13.6. The van der Waals surface area contributed by atoms with Gasteiger partial charge in [-0.2, -0.15) is 5.10 Å². The summed E-state index contributed by atoms with van der Waals surface area (Å²) in [4.78, 5) is 14.7. The number of aliphatic hydroxyl groups is 1. The molecule has 0 aliphatic carbocycles. The van der Waals surface area contributed by atoms with Crippen LogP contribution in [0.15, 0.2) is 54.6 Å². The van der Waals surface area contributed by atoms with E-state index in [2.05, 4.69) is 5.10 Å². The Balaban J connectivity index is 2.00. The van der Waals surface area contributed by atoms with Crippen molar-refractivity contribution in [3.63, 3.8) is 0 Å². The molecule has 3 N–H and O–H groups in total. The fourth-order valence-electron chi connectivity index (χ4n) is 3.87. The van der Waals surface area contributed by atoms with E-state index in [-0.39, 0.29) is 18.3 Å². The van der Waals surface area contributed by atoms with Crippen LogP contribution in [0.5, 0.6) is 0 Å². The lowest BCUT2D eigenvalue weighted by molar-refractivity contribution is -0.120. The van der Waals surface area contributed by atoms with Crippen molar-refractivity contribution in [2.75, 3.05) is 11.4 Å². The Morgan fingerprint density at radius 3 is 2.43 bits per heavy atom. The summed E-state index contributed by atoms with van der Waals surface area (Å²) in [7, 11) is 0. The zero-order valence-electron chi connectivity index (χ0n) is 15.4. The number of carbonyl (C=O) groups is 1. The van der Waals surface area contributed by atoms with Gasteiger partial charge in [-0.3, -0.25) is 9.69 Å². The van der Waals surface area contributed by atoms with Crippen LogP contribution < -0.4 is 10.6 Å². The summed E-state index contributed by atoms with van der Waals surface area (Å²) in [5, 5.41) is 14.6. The summed E-state index contributed by atoms with van der Waals surface area (Å²) in [6, 6.07) is 14.5. The van der Waals surface area contributed by atoms with Crippen LogP contribution in [0.4, 0.5) is 10.2 Å². The van der Waals surface area contributed by atoms with Crippen molar-refractivity contribution < 1.29 is 14.3 Å². The lowest BCUT2D eigenvalue weighted by atomic mass is 9.81. The molecule has 0 bridgehead atoms. The van der Waals surface area contributed by atoms with E-state index < -0.39 is 12.0 Å². The van der Waals surface area contributed by atoms with Crippen molar-refractivity contribution in [2.24, 2.45) is 5.73 Å². The van der Waals surface area contributed by atoms with Gasteiger partial charge in [0.2, 0.25) is 5.91 Å². The number of fused-ring (bicyclic) bond motifs is 1. The van der Waals surface area contributed by atoms with Gasteiger partial charge in [0.05, 0.1) is 24.0 Å². The second kappa shape index (κ2) is 7.18. The highest BCUT2D eigenvalue weighted by molar-refractivity contribution is 6.01. The van der Waals surface area contributed by atoms with E-state index >= 15 is 0 Å². The SMILES string of the molecule is CCN1C(=O)[C@@H](N)[C@@H](c2ccc(F)cc2)c2c(CO)nn(-c3ccccc3)c21. The molecule has 2 atom stereocenters. The average molecular weight is 380 g/mol. The Bertz CT molecular complexity index is 1000. The number of aromatic nitrogens is 2. The van der Waals surface area contributed by atoms with Gasteiger partial charge in [-0.05, 0) is 36.8 Å². The molecule has 1 aromatic heterocycles. The first-order valence-corrected chi connectivity index (χ1v) is 9.17. The maximum Gasteiger partial charge on any atom is 0.246 e. The summed E-state index contributed by atoms with van der Waals surface area (Å²) < 4.78 is 15.1. The molecule has 0 spiro atoms. The van der Waals surface area contributed by atoms with E-state index in [0.717, 1.165) is 5.69 Å². The number of likely N-dealkylation sites (N-methyl/N-ethyl adjacent to an activating group) is 1. The zero-order chi connectivity index (χ0) is 19.8. The molecule has 144 valence electrons. The van der Waals surface area contributed by atoms with Crippen LogP contribution >= 0.6 is 0 Å². The van der Waals surface area contributed by atoms with Crippen molar-refractivity contribution in [1.82, 2.24) is 9.78 Å². The highest BCUT2D eigenvalue weighted by Crippen LogP contribution is 2.42. The first-order valence-electron chi connectivity index (χ1n) is 9.17. The van der Waals surface area contributed by atoms with Crippen LogP contribution in [0, 0.1) is 5.82 Å². The van der Waals surface area contributed by atoms with Gasteiger partial charge >= 0.3 is 0 Å². The smallest absolute Gasteiger partial charge is 0.246 e. The molecule has 7 heteroatoms. The molecule has 3 aromatic rings. The number of para-hydroxylation sites is 1. The van der Waals surface area contributed by atoms with Crippen LogP contribution in [-0.2, 0) is 11.4 Å². The molecule has 1 amide bonds. The standard InChI is InChI=1S/C21H21FN4O2/c1-2-25-20-18(16(12-27)24-26(20)15-6-4-3-5-7-15)17(19(23)21(25)28)13-8-10-14(22)11-9-13/h3-11,17,19,27H,2,12,23H2,1H3/t17-,19-/m0/s1. The number of nitrogens with zero attached hydrogens (tertiary/aromatic N) is 3. The molecule has 0 radical (unpaired) electrons. The van der Waals surface area contributed by atoms with E-state index in [4.69, 9.17) is 5.73 Å². The zero-order valence-corrected chi connectivity index (χ0v) is 15.4. The molecule has 0 unspecified atom stereocenters. The predicted octanol–water partition coefficient (Wildman–Crippen LogP) is 2.33. The number of hydrogen-bond donors (Lipinski definition) is 2. The number of hydrogen-bond acceptors (Lipinski definition) is 4. The molecule has 2 heterocycles. The summed E-state index contributed by atoms with van der Waals surface area (Å²) in [6.07, 6.45) is 0. The Hall–Kier alpha value is -3.03.